The summed E-state index contributed by atoms with van der Waals surface area (Å²) < 4.78 is 12.8. The molecule has 2 aromatic carbocycles. The maximum Gasteiger partial charge on any atom is 0.123 e. The van der Waals surface area contributed by atoms with Gasteiger partial charge in [-0.05, 0) is 60.9 Å². The first-order chi connectivity index (χ1) is 10.3. The molecule has 0 saturated heterocycles. The van der Waals surface area contributed by atoms with Gasteiger partial charge in [-0.2, -0.15) is 0 Å². The average molecular weight is 279 g/mol. The van der Waals surface area contributed by atoms with Crippen molar-refractivity contribution in [2.75, 3.05) is 0 Å². The van der Waals surface area contributed by atoms with Crippen LogP contribution in [0.2, 0.25) is 0 Å². The Labute approximate surface area is 127 Å². The quantitative estimate of drug-likeness (QED) is 0.524. The third-order valence-electron chi connectivity index (χ3n) is 3.36. The van der Waals surface area contributed by atoms with Gasteiger partial charge in [0, 0.05) is 11.1 Å². The number of unbranched alkanes of at least 4 members (excludes halogenated alkanes) is 3. The zero-order valence-corrected chi connectivity index (χ0v) is 12.5. The molecule has 0 amide bonds. The Kier molecular flexibility index (Phi) is 6.03. The molecule has 0 fully saturated rings. The molecule has 1 heteroatoms. The summed E-state index contributed by atoms with van der Waals surface area (Å²) in [5, 5.41) is 0. The van der Waals surface area contributed by atoms with Crippen molar-refractivity contribution in [1.82, 2.24) is 0 Å². The van der Waals surface area contributed by atoms with E-state index in [2.05, 4.69) is 30.9 Å². The zero-order chi connectivity index (χ0) is 14.9. The lowest BCUT2D eigenvalue weighted by molar-refractivity contribution is 0.627. The van der Waals surface area contributed by atoms with Crippen LogP contribution in [0, 0.1) is 23.7 Å². The van der Waals surface area contributed by atoms with E-state index in [1.807, 2.05) is 12.1 Å². The predicted octanol–water partition coefficient (Wildman–Crippen LogP) is 5.15. The molecule has 0 aromatic heterocycles. The van der Waals surface area contributed by atoms with E-state index >= 15 is 0 Å². The Hall–Kier alpha value is -2.07. The minimum atomic E-state index is -0.233. The first kappa shape index (κ1) is 15.3. The second-order valence-electron chi connectivity index (χ2n) is 5.20. The summed E-state index contributed by atoms with van der Waals surface area (Å²) in [5.74, 6) is 5.94. The lowest BCUT2D eigenvalue weighted by atomic mass is 10.0. The van der Waals surface area contributed by atoms with E-state index in [9.17, 15) is 4.39 Å². The third-order valence-corrected chi connectivity index (χ3v) is 3.36. The molecule has 0 aliphatic carbocycles. The lowest BCUT2D eigenvalue weighted by Crippen LogP contribution is -1.87. The van der Waals surface area contributed by atoms with Gasteiger partial charge in [0.1, 0.15) is 5.82 Å². The van der Waals surface area contributed by atoms with Crippen molar-refractivity contribution in [1.29, 1.82) is 0 Å². The van der Waals surface area contributed by atoms with Gasteiger partial charge in [0.15, 0.2) is 0 Å². The molecular weight excluding hydrogens is 259 g/mol. The zero-order valence-electron chi connectivity index (χ0n) is 12.5. The van der Waals surface area contributed by atoms with Gasteiger partial charge >= 0.3 is 0 Å². The fourth-order valence-corrected chi connectivity index (χ4v) is 2.17. The number of rotatable bonds is 5. The summed E-state index contributed by atoms with van der Waals surface area (Å²) in [6, 6.07) is 15.5. The molecule has 0 heterocycles. The van der Waals surface area contributed by atoms with Gasteiger partial charge in [-0.25, -0.2) is 4.39 Å². The molecule has 0 saturated carbocycles. The second kappa shape index (κ2) is 8.27. The highest BCUT2D eigenvalue weighted by atomic mass is 19.1. The summed E-state index contributed by atoms with van der Waals surface area (Å²) in [7, 11) is 0. The monoisotopic (exact) mass is 279 g/mol. The molecular formula is C20H20F. The fourth-order valence-electron chi connectivity index (χ4n) is 2.17. The van der Waals surface area contributed by atoms with Crippen molar-refractivity contribution in [2.24, 2.45) is 0 Å². The van der Waals surface area contributed by atoms with Gasteiger partial charge in [-0.1, -0.05) is 44.1 Å². The predicted molar refractivity (Wildman–Crippen MR) is 85.5 cm³/mol. The average Bonchev–Trinajstić information content (AvgIpc) is 2.52. The molecule has 1 radical (unpaired) electrons. The number of halogens is 1. The Morgan fingerprint density at radius 2 is 1.71 bits per heavy atom. The lowest BCUT2D eigenvalue weighted by Gasteiger charge is -2.01. The largest absolute Gasteiger partial charge is 0.207 e. The Morgan fingerprint density at radius 3 is 2.48 bits per heavy atom. The van der Waals surface area contributed by atoms with E-state index in [0.717, 1.165) is 17.5 Å². The molecule has 0 aliphatic rings. The Morgan fingerprint density at radius 1 is 0.952 bits per heavy atom. The summed E-state index contributed by atoms with van der Waals surface area (Å²) in [4.78, 5) is 0. The maximum absolute atomic E-state index is 12.8. The standard InChI is InChI=1S/C20H20F/c1-2-3-4-5-7-18-8-6-9-19(16-18)11-10-17-12-14-20(21)15-13-17/h8-9,12-16H,2-5,7H2,1H3. The molecule has 2 aromatic rings. The molecule has 0 bridgehead atoms. The Balaban J connectivity index is 1.99. The minimum Gasteiger partial charge on any atom is -0.207 e. The van der Waals surface area contributed by atoms with Crippen molar-refractivity contribution in [3.63, 3.8) is 0 Å². The van der Waals surface area contributed by atoms with Crippen LogP contribution in [-0.2, 0) is 6.42 Å². The van der Waals surface area contributed by atoms with Gasteiger partial charge in [0.2, 0.25) is 0 Å². The highest BCUT2D eigenvalue weighted by Crippen LogP contribution is 2.10. The molecule has 0 aliphatic heterocycles. The fraction of sp³-hybridized carbons (Fsp3) is 0.300. The summed E-state index contributed by atoms with van der Waals surface area (Å²) in [5.41, 5.74) is 3.08. The normalized spacial score (nSPS) is 10.0. The van der Waals surface area contributed by atoms with Crippen LogP contribution < -0.4 is 0 Å². The molecule has 0 unspecified atom stereocenters. The molecule has 21 heavy (non-hydrogen) atoms. The summed E-state index contributed by atoms with van der Waals surface area (Å²) in [6.07, 6.45) is 6.14. The molecule has 0 atom stereocenters. The van der Waals surface area contributed by atoms with Gasteiger partial charge in [0.25, 0.3) is 0 Å². The molecule has 2 rings (SSSR count). The number of hydrogen-bond donors (Lipinski definition) is 0. The molecule has 0 nitrogen and oxygen atoms in total. The van der Waals surface area contributed by atoms with Crippen LogP contribution in [0.3, 0.4) is 0 Å². The van der Waals surface area contributed by atoms with Crippen molar-refractivity contribution in [3.05, 3.63) is 71.0 Å². The SMILES string of the molecule is CCCCCCc1c[c]cc(C#Cc2ccc(F)cc2)c1. The highest BCUT2D eigenvalue weighted by molar-refractivity contribution is 5.43. The van der Waals surface area contributed by atoms with Crippen LogP contribution in [0.1, 0.15) is 49.3 Å². The van der Waals surface area contributed by atoms with Crippen LogP contribution >= 0.6 is 0 Å². The number of hydrogen-bond acceptors (Lipinski definition) is 0. The highest BCUT2D eigenvalue weighted by Gasteiger charge is 1.95. The van der Waals surface area contributed by atoms with E-state index in [1.54, 1.807) is 12.1 Å². The second-order valence-corrected chi connectivity index (χ2v) is 5.20. The summed E-state index contributed by atoms with van der Waals surface area (Å²) >= 11 is 0. The molecule has 0 spiro atoms. The van der Waals surface area contributed by atoms with Crippen LogP contribution in [0.5, 0.6) is 0 Å². The first-order valence-corrected chi connectivity index (χ1v) is 7.55. The maximum atomic E-state index is 12.8. The van der Waals surface area contributed by atoms with Crippen LogP contribution in [0.15, 0.2) is 42.5 Å². The van der Waals surface area contributed by atoms with Gasteiger partial charge in [-0.15, -0.1) is 0 Å². The topological polar surface area (TPSA) is 0 Å². The van der Waals surface area contributed by atoms with E-state index < -0.39 is 0 Å². The van der Waals surface area contributed by atoms with E-state index in [0.29, 0.717) is 0 Å². The van der Waals surface area contributed by atoms with Crippen molar-refractivity contribution < 1.29 is 4.39 Å². The third kappa shape index (κ3) is 5.44. The van der Waals surface area contributed by atoms with Crippen molar-refractivity contribution >= 4 is 0 Å². The van der Waals surface area contributed by atoms with Crippen LogP contribution in [-0.4, -0.2) is 0 Å². The van der Waals surface area contributed by atoms with Gasteiger partial charge < -0.3 is 0 Å². The molecule has 107 valence electrons. The van der Waals surface area contributed by atoms with Gasteiger partial charge in [-0.3, -0.25) is 0 Å². The van der Waals surface area contributed by atoms with Crippen LogP contribution in [0.4, 0.5) is 4.39 Å². The van der Waals surface area contributed by atoms with E-state index in [1.165, 1.54) is 43.4 Å². The van der Waals surface area contributed by atoms with Crippen molar-refractivity contribution in [2.45, 2.75) is 39.0 Å². The van der Waals surface area contributed by atoms with Gasteiger partial charge in [0.05, 0.1) is 0 Å². The molecule has 0 N–H and O–H groups in total. The first-order valence-electron chi connectivity index (χ1n) is 7.55. The van der Waals surface area contributed by atoms with E-state index in [4.69, 9.17) is 0 Å². The number of aryl methyl sites for hydroxylation is 1. The summed E-state index contributed by atoms with van der Waals surface area (Å²) in [6.45, 7) is 2.22. The number of benzene rings is 2. The van der Waals surface area contributed by atoms with Crippen molar-refractivity contribution in [3.8, 4) is 11.8 Å². The minimum absolute atomic E-state index is 0.233. The van der Waals surface area contributed by atoms with Crippen LogP contribution in [0.25, 0.3) is 0 Å². The Bertz CT molecular complexity index is 614. The smallest absolute Gasteiger partial charge is 0.123 e. The van der Waals surface area contributed by atoms with E-state index in [-0.39, 0.29) is 5.82 Å².